The van der Waals surface area contributed by atoms with Gasteiger partial charge in [0.15, 0.2) is 0 Å². The molecule has 1 unspecified atom stereocenters. The summed E-state index contributed by atoms with van der Waals surface area (Å²) in [5.41, 5.74) is 3.42. The van der Waals surface area contributed by atoms with Gasteiger partial charge in [0, 0.05) is 17.4 Å². The fourth-order valence-corrected chi connectivity index (χ4v) is 4.14. The number of nitriles is 1. The lowest BCUT2D eigenvalue weighted by atomic mass is 9.80. The highest BCUT2D eigenvalue weighted by Crippen LogP contribution is 2.31. The smallest absolute Gasteiger partial charge is 0.257 e. The van der Waals surface area contributed by atoms with Crippen molar-refractivity contribution < 1.29 is 9.59 Å². The number of aromatic amines is 1. The maximum absolute atomic E-state index is 12.9. The van der Waals surface area contributed by atoms with Crippen LogP contribution in [0.4, 0.5) is 5.95 Å². The molecule has 1 aliphatic carbocycles. The molecule has 0 aliphatic heterocycles. The van der Waals surface area contributed by atoms with E-state index in [1.54, 1.807) is 24.3 Å². The molecule has 1 aliphatic rings. The number of rotatable bonds is 5. The standard InChI is InChI=1S/C24H24N4O2/c1-15(22(29)17-5-3-2-4-6-17)19-11-12-20-21(13-19)27-24(26-20)28-23(30)18-9-7-16(14-25)8-10-18/h7-13,15,17H,2-6H2,1H3,(H2,26,27,28,30). The van der Waals surface area contributed by atoms with E-state index in [1.807, 2.05) is 31.2 Å². The Labute approximate surface area is 175 Å². The Morgan fingerprint density at radius 2 is 1.87 bits per heavy atom. The number of amides is 1. The second kappa shape index (κ2) is 8.50. The molecule has 1 amide bonds. The van der Waals surface area contributed by atoms with Crippen LogP contribution in [-0.2, 0) is 4.79 Å². The number of hydrogen-bond acceptors (Lipinski definition) is 4. The molecule has 1 heterocycles. The Bertz CT molecular complexity index is 1120. The second-order valence-electron chi connectivity index (χ2n) is 7.96. The number of H-pyrrole nitrogens is 1. The fourth-order valence-electron chi connectivity index (χ4n) is 4.14. The molecule has 2 N–H and O–H groups in total. The normalized spacial score (nSPS) is 15.5. The molecule has 1 saturated carbocycles. The molecule has 1 fully saturated rings. The number of imidazole rings is 1. The molecule has 1 atom stereocenters. The van der Waals surface area contributed by atoms with E-state index in [2.05, 4.69) is 15.3 Å². The Morgan fingerprint density at radius 1 is 1.13 bits per heavy atom. The van der Waals surface area contributed by atoms with Crippen molar-refractivity contribution in [3.63, 3.8) is 0 Å². The number of nitrogens with zero attached hydrogens (tertiary/aromatic N) is 2. The molecule has 2 aromatic carbocycles. The van der Waals surface area contributed by atoms with E-state index >= 15 is 0 Å². The third-order valence-corrected chi connectivity index (χ3v) is 5.95. The van der Waals surface area contributed by atoms with Gasteiger partial charge in [-0.25, -0.2) is 4.98 Å². The number of fused-ring (bicyclic) bond motifs is 1. The zero-order chi connectivity index (χ0) is 21.1. The first-order valence-corrected chi connectivity index (χ1v) is 10.4. The average molecular weight is 400 g/mol. The van der Waals surface area contributed by atoms with Crippen LogP contribution in [0.25, 0.3) is 11.0 Å². The van der Waals surface area contributed by atoms with Gasteiger partial charge in [0.1, 0.15) is 5.78 Å². The number of carbonyl (C=O) groups excluding carboxylic acids is 2. The number of anilines is 1. The van der Waals surface area contributed by atoms with Crippen LogP contribution in [0.5, 0.6) is 0 Å². The molecule has 6 heteroatoms. The molecule has 4 rings (SSSR count). The summed E-state index contributed by atoms with van der Waals surface area (Å²) in [6.45, 7) is 1.97. The van der Waals surface area contributed by atoms with E-state index in [0.717, 1.165) is 42.3 Å². The Hall–Kier alpha value is -3.46. The molecule has 0 saturated heterocycles. The van der Waals surface area contributed by atoms with Gasteiger partial charge in [-0.05, 0) is 54.8 Å². The van der Waals surface area contributed by atoms with Crippen molar-refractivity contribution in [2.24, 2.45) is 5.92 Å². The van der Waals surface area contributed by atoms with Crippen molar-refractivity contribution in [1.29, 1.82) is 5.26 Å². The minimum Gasteiger partial charge on any atom is -0.324 e. The predicted molar refractivity (Wildman–Crippen MR) is 115 cm³/mol. The van der Waals surface area contributed by atoms with Crippen molar-refractivity contribution in [3.05, 3.63) is 59.2 Å². The first-order chi connectivity index (χ1) is 14.5. The summed E-state index contributed by atoms with van der Waals surface area (Å²) in [7, 11) is 0. The third-order valence-electron chi connectivity index (χ3n) is 5.95. The van der Waals surface area contributed by atoms with Gasteiger partial charge < -0.3 is 4.98 Å². The molecular weight excluding hydrogens is 376 g/mol. The van der Waals surface area contributed by atoms with E-state index in [1.165, 1.54) is 6.42 Å². The molecule has 152 valence electrons. The number of ketones is 1. The largest absolute Gasteiger partial charge is 0.324 e. The van der Waals surface area contributed by atoms with Crippen LogP contribution in [-0.4, -0.2) is 21.7 Å². The SMILES string of the molecule is CC(C(=O)C1CCCCC1)c1ccc2nc(NC(=O)c3ccc(C#N)cc3)[nH]c2c1. The Kier molecular flexibility index (Phi) is 5.62. The summed E-state index contributed by atoms with van der Waals surface area (Å²) in [5.74, 6) is 0.385. The summed E-state index contributed by atoms with van der Waals surface area (Å²) >= 11 is 0. The second-order valence-corrected chi connectivity index (χ2v) is 7.96. The van der Waals surface area contributed by atoms with Crippen molar-refractivity contribution in [2.45, 2.75) is 44.9 Å². The summed E-state index contributed by atoms with van der Waals surface area (Å²) < 4.78 is 0. The fraction of sp³-hybridized carbons (Fsp3) is 0.333. The third kappa shape index (κ3) is 4.11. The Morgan fingerprint density at radius 3 is 2.57 bits per heavy atom. The summed E-state index contributed by atoms with van der Waals surface area (Å²) in [5, 5.41) is 11.6. The van der Waals surface area contributed by atoms with Crippen molar-refractivity contribution >= 4 is 28.7 Å². The summed E-state index contributed by atoms with van der Waals surface area (Å²) in [6, 6.07) is 14.2. The monoisotopic (exact) mass is 400 g/mol. The van der Waals surface area contributed by atoms with Gasteiger partial charge in [-0.1, -0.05) is 32.3 Å². The zero-order valence-electron chi connectivity index (χ0n) is 16.9. The molecule has 1 aromatic heterocycles. The molecule has 6 nitrogen and oxygen atoms in total. The quantitative estimate of drug-likeness (QED) is 0.634. The first-order valence-electron chi connectivity index (χ1n) is 10.4. The maximum Gasteiger partial charge on any atom is 0.257 e. The highest BCUT2D eigenvalue weighted by atomic mass is 16.1. The number of benzene rings is 2. The van der Waals surface area contributed by atoms with Crippen LogP contribution in [0.15, 0.2) is 42.5 Å². The summed E-state index contributed by atoms with van der Waals surface area (Å²) in [6.07, 6.45) is 5.52. The van der Waals surface area contributed by atoms with Crippen molar-refractivity contribution in [1.82, 2.24) is 9.97 Å². The number of hydrogen-bond donors (Lipinski definition) is 2. The molecule has 0 bridgehead atoms. The van der Waals surface area contributed by atoms with Gasteiger partial charge in [0.05, 0.1) is 22.7 Å². The van der Waals surface area contributed by atoms with E-state index in [-0.39, 0.29) is 17.7 Å². The van der Waals surface area contributed by atoms with Crippen LogP contribution < -0.4 is 5.32 Å². The predicted octanol–water partition coefficient (Wildman–Crippen LogP) is 4.94. The van der Waals surface area contributed by atoms with Gasteiger partial charge >= 0.3 is 0 Å². The van der Waals surface area contributed by atoms with E-state index < -0.39 is 0 Å². The van der Waals surface area contributed by atoms with Crippen LogP contribution in [0.3, 0.4) is 0 Å². The van der Waals surface area contributed by atoms with Gasteiger partial charge in [-0.15, -0.1) is 0 Å². The molecule has 0 radical (unpaired) electrons. The number of carbonyl (C=O) groups is 2. The highest BCUT2D eigenvalue weighted by Gasteiger charge is 2.26. The first kappa shape index (κ1) is 19.8. The summed E-state index contributed by atoms with van der Waals surface area (Å²) in [4.78, 5) is 32.9. The van der Waals surface area contributed by atoms with E-state index in [0.29, 0.717) is 22.9 Å². The van der Waals surface area contributed by atoms with Crippen molar-refractivity contribution in [3.8, 4) is 6.07 Å². The number of nitrogens with one attached hydrogen (secondary N) is 2. The molecule has 30 heavy (non-hydrogen) atoms. The van der Waals surface area contributed by atoms with Crippen LogP contribution in [0.2, 0.25) is 0 Å². The minimum atomic E-state index is -0.306. The maximum atomic E-state index is 12.9. The molecule has 0 spiro atoms. The average Bonchev–Trinajstić information content (AvgIpc) is 3.20. The van der Waals surface area contributed by atoms with Crippen molar-refractivity contribution in [2.75, 3.05) is 5.32 Å². The van der Waals surface area contributed by atoms with Crippen LogP contribution in [0.1, 0.15) is 66.4 Å². The lowest BCUT2D eigenvalue weighted by Crippen LogP contribution is -2.22. The number of Topliss-reactive ketones (excluding diaryl/α,β-unsaturated/α-hetero) is 1. The van der Waals surface area contributed by atoms with Crippen LogP contribution in [0, 0.1) is 17.2 Å². The van der Waals surface area contributed by atoms with Gasteiger partial charge in [0.2, 0.25) is 5.95 Å². The van der Waals surface area contributed by atoms with Crippen LogP contribution >= 0.6 is 0 Å². The minimum absolute atomic E-state index is 0.155. The lowest BCUT2D eigenvalue weighted by molar-refractivity contribution is -0.124. The van der Waals surface area contributed by atoms with Gasteiger partial charge in [-0.2, -0.15) is 5.26 Å². The lowest BCUT2D eigenvalue weighted by Gasteiger charge is -2.23. The highest BCUT2D eigenvalue weighted by molar-refractivity contribution is 6.04. The zero-order valence-corrected chi connectivity index (χ0v) is 16.9. The van der Waals surface area contributed by atoms with E-state index in [4.69, 9.17) is 5.26 Å². The Balaban J connectivity index is 1.49. The topological polar surface area (TPSA) is 98.6 Å². The molecule has 3 aromatic rings. The van der Waals surface area contributed by atoms with Gasteiger partial charge in [0.25, 0.3) is 5.91 Å². The molecular formula is C24H24N4O2. The number of aromatic nitrogens is 2. The van der Waals surface area contributed by atoms with Gasteiger partial charge in [-0.3, -0.25) is 14.9 Å². The van der Waals surface area contributed by atoms with E-state index in [9.17, 15) is 9.59 Å².